The minimum atomic E-state index is -2.17. The van der Waals surface area contributed by atoms with Crippen LogP contribution in [0.25, 0.3) is 0 Å². The maximum Gasteiger partial charge on any atom is 0.316 e. The molecule has 18 nitrogen and oxygen atoms in total. The number of phenols is 3. The zero-order valence-electron chi connectivity index (χ0n) is 34.8. The first-order valence-corrected chi connectivity index (χ1v) is 20.4. The fourth-order valence-electron chi connectivity index (χ4n) is 10.0. The number of benzene rings is 2. The lowest BCUT2D eigenvalue weighted by Crippen LogP contribution is -2.62. The number of rotatable bonds is 8. The second-order valence-electron chi connectivity index (χ2n) is 17.2. The number of Topliss-reactive ketones (excluding diaryl/α,β-unsaturated/α-hetero) is 2. The van der Waals surface area contributed by atoms with Gasteiger partial charge in [-0.25, -0.2) is 0 Å². The predicted molar refractivity (Wildman–Crippen MR) is 206 cm³/mol. The average Bonchev–Trinajstić information content (AvgIpc) is 3.17. The molecule has 4 fully saturated rings. The number of hydrogen-bond acceptors (Lipinski definition) is 18. The van der Waals surface area contributed by atoms with Crippen molar-refractivity contribution in [2.75, 3.05) is 21.2 Å². The van der Waals surface area contributed by atoms with Gasteiger partial charge < -0.3 is 63.2 Å². The zero-order valence-corrected chi connectivity index (χ0v) is 34.8. The normalized spacial score (nSPS) is 36.9. The summed E-state index contributed by atoms with van der Waals surface area (Å²) < 4.78 is 49.4. The van der Waals surface area contributed by atoms with E-state index < -0.39 is 155 Å². The van der Waals surface area contributed by atoms with Gasteiger partial charge >= 0.3 is 5.97 Å². The molecule has 2 aromatic carbocycles. The van der Waals surface area contributed by atoms with Gasteiger partial charge in [-0.15, -0.1) is 0 Å². The van der Waals surface area contributed by atoms with E-state index in [1.165, 1.54) is 6.92 Å². The molecule has 2 aliphatic carbocycles. The van der Waals surface area contributed by atoms with Crippen LogP contribution in [-0.4, -0.2) is 149 Å². The molecule has 4 heterocycles. The molecule has 4 N–H and O–H groups in total. The van der Waals surface area contributed by atoms with Crippen LogP contribution in [0.3, 0.4) is 0 Å². The molecule has 0 radical (unpaired) electrons. The topological polar surface area (TPSA) is 243 Å². The van der Waals surface area contributed by atoms with Crippen LogP contribution in [0.1, 0.15) is 115 Å². The molecule has 0 amide bonds. The van der Waals surface area contributed by atoms with Crippen molar-refractivity contribution in [2.45, 2.75) is 145 Å². The lowest BCUT2D eigenvalue weighted by atomic mass is 9.66. The average molecular weight is 854 g/mol. The number of aliphatic hydroxyl groups is 1. The molecule has 4 saturated heterocycles. The van der Waals surface area contributed by atoms with Gasteiger partial charge in [-0.2, -0.15) is 0 Å². The summed E-state index contributed by atoms with van der Waals surface area (Å²) in [5, 5.41) is 45.6. The number of carbonyl (C=O) groups is 5. The number of aromatic hydroxyl groups is 3. The molecule has 0 aromatic heterocycles. The van der Waals surface area contributed by atoms with Crippen molar-refractivity contribution in [3.63, 3.8) is 0 Å². The highest BCUT2D eigenvalue weighted by Gasteiger charge is 2.55. The molecule has 8 rings (SSSR count). The van der Waals surface area contributed by atoms with Crippen LogP contribution < -0.4 is 0 Å². The molecule has 14 atom stereocenters. The third-order valence-corrected chi connectivity index (χ3v) is 12.8. The number of nitrogens with zero attached hydrogens (tertiary/aromatic N) is 1. The smallest absolute Gasteiger partial charge is 0.316 e. The highest BCUT2D eigenvalue weighted by Crippen LogP contribution is 2.54. The predicted octanol–water partition coefficient (Wildman–Crippen LogP) is 2.45. The Labute approximate surface area is 350 Å². The Morgan fingerprint density at radius 2 is 1.51 bits per heavy atom. The lowest BCUT2D eigenvalue weighted by Gasteiger charge is -2.51. The fourth-order valence-corrected chi connectivity index (χ4v) is 10.0. The van der Waals surface area contributed by atoms with Crippen molar-refractivity contribution < 1.29 is 82.3 Å². The van der Waals surface area contributed by atoms with Crippen molar-refractivity contribution in [2.24, 2.45) is 0 Å². The van der Waals surface area contributed by atoms with Gasteiger partial charge in [-0.05, 0) is 65.6 Å². The Kier molecular flexibility index (Phi) is 11.4. The van der Waals surface area contributed by atoms with Crippen LogP contribution in [0.15, 0.2) is 18.2 Å². The lowest BCUT2D eigenvalue weighted by molar-refractivity contribution is -0.371. The molecule has 0 spiro atoms. The van der Waals surface area contributed by atoms with Crippen LogP contribution in [0.2, 0.25) is 0 Å². The summed E-state index contributed by atoms with van der Waals surface area (Å²) in [6.07, 6.45) is -7.93. The molecule has 0 bridgehead atoms. The number of esters is 1. The summed E-state index contributed by atoms with van der Waals surface area (Å²) in [4.78, 5) is 68.6. The van der Waals surface area contributed by atoms with E-state index >= 15 is 0 Å². The Balaban J connectivity index is 1.09. The standard InChI is InChI=1S/C43H51NO17/c1-16(45)14-43(53)15-28(31-20(35(43)41(52)54-7)10-21-32(37(31)50)38(51)34-24(47)9-8-23(46)33(34)36(21)49)59-29-11-22(44(5)6)39(18(3)55-29)60-30-13-26-40(19(4)56-30)61-42-27(58-26)12-25(48)17(2)57-42/h8-10,17-19,22,26-30,35,39-40,42,46-47,50,53H,11-15H2,1-7H3/t17?,18?,19?,22?,26?,27?,28-,29?,30?,35-,39?,40?,42?,43+/m0/s1. The second-order valence-corrected chi connectivity index (χ2v) is 17.2. The van der Waals surface area contributed by atoms with Crippen molar-refractivity contribution >= 4 is 29.1 Å². The molecule has 2 aromatic rings. The van der Waals surface area contributed by atoms with Gasteiger partial charge in [0.1, 0.15) is 53.4 Å². The Morgan fingerprint density at radius 1 is 0.852 bits per heavy atom. The highest BCUT2D eigenvalue weighted by atomic mass is 16.8. The van der Waals surface area contributed by atoms with E-state index in [4.69, 9.17) is 37.9 Å². The van der Waals surface area contributed by atoms with Crippen molar-refractivity contribution in [3.05, 3.63) is 51.6 Å². The summed E-state index contributed by atoms with van der Waals surface area (Å²) in [7, 11) is 4.78. The van der Waals surface area contributed by atoms with E-state index in [0.717, 1.165) is 25.3 Å². The van der Waals surface area contributed by atoms with Gasteiger partial charge in [0.25, 0.3) is 0 Å². The van der Waals surface area contributed by atoms with Crippen molar-refractivity contribution in [1.29, 1.82) is 0 Å². The second kappa shape index (κ2) is 16.1. The quantitative estimate of drug-likeness (QED) is 0.188. The van der Waals surface area contributed by atoms with Gasteiger partial charge in [0, 0.05) is 49.3 Å². The molecular formula is C43H51NO17. The van der Waals surface area contributed by atoms with Gasteiger partial charge in [-0.3, -0.25) is 24.0 Å². The Hall–Kier alpha value is -4.37. The fraction of sp³-hybridized carbons (Fsp3) is 0.605. The van der Waals surface area contributed by atoms with Gasteiger partial charge in [0.05, 0.1) is 53.8 Å². The highest BCUT2D eigenvalue weighted by molar-refractivity contribution is 6.31. The first-order valence-electron chi connectivity index (χ1n) is 20.4. The van der Waals surface area contributed by atoms with Crippen LogP contribution >= 0.6 is 0 Å². The zero-order chi connectivity index (χ0) is 44.0. The van der Waals surface area contributed by atoms with Crippen molar-refractivity contribution in [3.8, 4) is 17.2 Å². The maximum atomic E-state index is 14.0. The third-order valence-electron chi connectivity index (χ3n) is 12.8. The van der Waals surface area contributed by atoms with Crippen LogP contribution in [0, 0.1) is 0 Å². The Morgan fingerprint density at radius 3 is 2.16 bits per heavy atom. The van der Waals surface area contributed by atoms with E-state index in [0.29, 0.717) is 6.42 Å². The summed E-state index contributed by atoms with van der Waals surface area (Å²) in [5.41, 5.74) is -4.37. The summed E-state index contributed by atoms with van der Waals surface area (Å²) in [6.45, 7) is 6.56. The van der Waals surface area contributed by atoms with Gasteiger partial charge in [-0.1, -0.05) is 0 Å². The van der Waals surface area contributed by atoms with E-state index in [2.05, 4.69) is 0 Å². The van der Waals surface area contributed by atoms with Crippen LogP contribution in [-0.2, 0) is 52.3 Å². The van der Waals surface area contributed by atoms with Crippen LogP contribution in [0.4, 0.5) is 0 Å². The number of hydrogen-bond donors (Lipinski definition) is 4. The molecule has 18 heteroatoms. The number of methoxy groups -OCH3 is 1. The summed E-state index contributed by atoms with van der Waals surface area (Å²) in [5.74, 6) is -7.04. The number of ether oxygens (including phenoxy) is 8. The molecular weight excluding hydrogens is 802 g/mol. The molecule has 61 heavy (non-hydrogen) atoms. The number of fused-ring (bicyclic) bond motifs is 5. The summed E-state index contributed by atoms with van der Waals surface area (Å²) >= 11 is 0. The van der Waals surface area contributed by atoms with E-state index in [1.807, 2.05) is 25.9 Å². The van der Waals surface area contributed by atoms with Gasteiger partial charge in [0.15, 0.2) is 30.4 Å². The minimum absolute atomic E-state index is 0.0658. The number of likely N-dealkylation sites (N-methyl/N-ethyl adjacent to an activating group) is 1. The number of phenolic OH excluding ortho intramolecular Hbond substituents is 3. The van der Waals surface area contributed by atoms with Crippen LogP contribution in [0.5, 0.6) is 17.2 Å². The molecule has 0 saturated carbocycles. The molecule has 4 aliphatic heterocycles. The van der Waals surface area contributed by atoms with Gasteiger partial charge in [0.2, 0.25) is 5.78 Å². The number of ketones is 4. The summed E-state index contributed by atoms with van der Waals surface area (Å²) in [6, 6.07) is 2.86. The maximum absolute atomic E-state index is 14.0. The minimum Gasteiger partial charge on any atom is -0.507 e. The first-order chi connectivity index (χ1) is 28.8. The SMILES string of the molecule is COC(=O)[C@@H]1c2cc3c(c(O)c2[C@@H](OC2CC(N(C)C)C(OC4CC5OC6CC(=O)C(C)OC6OC5C(C)O4)C(C)O2)C[C@]1(O)CC(C)=O)C(=O)c1c(O)ccc(O)c1C3=O. The molecule has 330 valence electrons. The number of carbonyl (C=O) groups excluding carboxylic acids is 5. The van der Waals surface area contributed by atoms with E-state index in [1.54, 1.807) is 13.8 Å². The monoisotopic (exact) mass is 853 g/mol. The molecule has 6 aliphatic rings. The first kappa shape index (κ1) is 43.3. The Bertz CT molecular complexity index is 2160. The molecule has 11 unspecified atom stereocenters. The third kappa shape index (κ3) is 7.44. The van der Waals surface area contributed by atoms with E-state index in [9.17, 15) is 44.4 Å². The van der Waals surface area contributed by atoms with E-state index in [-0.39, 0.29) is 35.8 Å². The van der Waals surface area contributed by atoms with Crippen molar-refractivity contribution in [1.82, 2.24) is 4.90 Å². The largest absolute Gasteiger partial charge is 0.507 e.